The Morgan fingerprint density at radius 3 is 2.81 bits per heavy atom. The average molecular weight is 345 g/mol. The second kappa shape index (κ2) is 6.64. The van der Waals surface area contributed by atoms with Gasteiger partial charge in [-0.1, -0.05) is 6.07 Å². The molecular formula is C19H15N5O2. The number of nitrogens with zero attached hydrogens (tertiary/aromatic N) is 4. The molecule has 7 heteroatoms. The number of carbonyl (C=O) groups excluding carboxylic acids is 1. The number of amides is 1. The fourth-order valence-electron chi connectivity index (χ4n) is 2.50. The Labute approximate surface area is 149 Å². The molecule has 0 fully saturated rings. The minimum atomic E-state index is -0.279. The third kappa shape index (κ3) is 3.23. The summed E-state index contributed by atoms with van der Waals surface area (Å²) in [7, 11) is 0. The van der Waals surface area contributed by atoms with E-state index in [-0.39, 0.29) is 5.91 Å². The van der Waals surface area contributed by atoms with Crippen molar-refractivity contribution >= 4 is 17.2 Å². The molecule has 0 aliphatic rings. The van der Waals surface area contributed by atoms with E-state index in [9.17, 15) is 4.79 Å². The molecule has 1 amide bonds. The lowest BCUT2D eigenvalue weighted by Crippen LogP contribution is -2.12. The molecule has 4 rings (SSSR count). The van der Waals surface area contributed by atoms with Crippen LogP contribution in [0.4, 0.5) is 5.69 Å². The molecule has 1 N–H and O–H groups in total. The molecule has 7 nitrogen and oxygen atoms in total. The molecule has 4 aromatic rings. The lowest BCUT2D eigenvalue weighted by atomic mass is 10.2. The van der Waals surface area contributed by atoms with Crippen molar-refractivity contribution in [2.45, 2.75) is 6.92 Å². The van der Waals surface area contributed by atoms with E-state index in [4.69, 9.17) is 4.74 Å². The molecule has 0 bridgehead atoms. The van der Waals surface area contributed by atoms with Crippen LogP contribution in [0.15, 0.2) is 67.3 Å². The lowest BCUT2D eigenvalue weighted by molar-refractivity contribution is 0.102. The standard InChI is InChI=1S/C19H15N5O2/c1-13-7-10-24-18(22-13)17(12-21-24)19(25)23-14-3-2-4-16(11-14)26-15-5-8-20-9-6-15/h2-12H,1H3,(H,23,25). The minimum Gasteiger partial charge on any atom is -0.457 e. The van der Waals surface area contributed by atoms with Gasteiger partial charge in [-0.05, 0) is 37.3 Å². The zero-order valence-electron chi connectivity index (χ0n) is 14.0. The smallest absolute Gasteiger partial charge is 0.261 e. The van der Waals surface area contributed by atoms with Gasteiger partial charge < -0.3 is 10.1 Å². The van der Waals surface area contributed by atoms with Crippen molar-refractivity contribution in [2.75, 3.05) is 5.32 Å². The van der Waals surface area contributed by atoms with Crippen LogP contribution in [-0.4, -0.2) is 25.5 Å². The third-order valence-corrected chi connectivity index (χ3v) is 3.73. The van der Waals surface area contributed by atoms with Crippen molar-refractivity contribution in [2.24, 2.45) is 0 Å². The molecule has 0 saturated carbocycles. The van der Waals surface area contributed by atoms with Crippen molar-refractivity contribution in [1.82, 2.24) is 19.6 Å². The Morgan fingerprint density at radius 2 is 1.96 bits per heavy atom. The van der Waals surface area contributed by atoms with E-state index in [0.717, 1.165) is 5.69 Å². The van der Waals surface area contributed by atoms with Gasteiger partial charge in [0.1, 0.15) is 17.1 Å². The van der Waals surface area contributed by atoms with Crippen molar-refractivity contribution in [3.05, 3.63) is 78.5 Å². The highest BCUT2D eigenvalue weighted by atomic mass is 16.5. The molecule has 128 valence electrons. The summed E-state index contributed by atoms with van der Waals surface area (Å²) in [5.41, 5.74) is 2.37. The summed E-state index contributed by atoms with van der Waals surface area (Å²) in [6.07, 6.45) is 6.59. The number of nitrogens with one attached hydrogen (secondary N) is 1. The normalized spacial score (nSPS) is 10.7. The Hall–Kier alpha value is -3.74. The maximum absolute atomic E-state index is 12.6. The van der Waals surface area contributed by atoms with Crippen LogP contribution in [-0.2, 0) is 0 Å². The highest BCUT2D eigenvalue weighted by Crippen LogP contribution is 2.24. The van der Waals surface area contributed by atoms with Gasteiger partial charge in [0.2, 0.25) is 0 Å². The molecular weight excluding hydrogens is 330 g/mol. The number of ether oxygens (including phenoxy) is 1. The van der Waals surface area contributed by atoms with Crippen LogP contribution in [0.1, 0.15) is 16.1 Å². The van der Waals surface area contributed by atoms with Gasteiger partial charge in [-0.15, -0.1) is 0 Å². The summed E-state index contributed by atoms with van der Waals surface area (Å²) in [4.78, 5) is 20.9. The van der Waals surface area contributed by atoms with Gasteiger partial charge in [-0.3, -0.25) is 9.78 Å². The van der Waals surface area contributed by atoms with Crippen LogP contribution in [0.3, 0.4) is 0 Å². The SMILES string of the molecule is Cc1ccn2ncc(C(=O)Nc3cccc(Oc4ccncc4)c3)c2n1. The zero-order valence-corrected chi connectivity index (χ0v) is 14.0. The van der Waals surface area contributed by atoms with Crippen LogP contribution in [0.2, 0.25) is 0 Å². The molecule has 3 aromatic heterocycles. The summed E-state index contributed by atoms with van der Waals surface area (Å²) in [6.45, 7) is 1.87. The van der Waals surface area contributed by atoms with Crippen LogP contribution in [0, 0.1) is 6.92 Å². The second-order valence-corrected chi connectivity index (χ2v) is 5.66. The number of aryl methyl sites for hydroxylation is 1. The first-order valence-electron chi connectivity index (χ1n) is 7.99. The Bertz CT molecular complexity index is 1080. The molecule has 0 aliphatic heterocycles. The maximum atomic E-state index is 12.6. The van der Waals surface area contributed by atoms with Gasteiger partial charge in [0, 0.05) is 36.0 Å². The van der Waals surface area contributed by atoms with Gasteiger partial charge >= 0.3 is 0 Å². The van der Waals surface area contributed by atoms with Crippen LogP contribution in [0.25, 0.3) is 5.65 Å². The van der Waals surface area contributed by atoms with Crippen molar-refractivity contribution in [3.63, 3.8) is 0 Å². The summed E-state index contributed by atoms with van der Waals surface area (Å²) in [6, 6.07) is 12.5. The molecule has 0 saturated heterocycles. The Balaban J connectivity index is 1.56. The van der Waals surface area contributed by atoms with Gasteiger partial charge in [0.05, 0.1) is 6.20 Å². The van der Waals surface area contributed by atoms with Gasteiger partial charge in [-0.2, -0.15) is 5.10 Å². The molecule has 26 heavy (non-hydrogen) atoms. The number of hydrogen-bond donors (Lipinski definition) is 1. The first-order valence-corrected chi connectivity index (χ1v) is 7.99. The minimum absolute atomic E-state index is 0.279. The van der Waals surface area contributed by atoms with E-state index in [0.29, 0.717) is 28.4 Å². The lowest BCUT2D eigenvalue weighted by Gasteiger charge is -2.08. The van der Waals surface area contributed by atoms with Crippen molar-refractivity contribution in [1.29, 1.82) is 0 Å². The highest BCUT2D eigenvalue weighted by Gasteiger charge is 2.14. The highest BCUT2D eigenvalue weighted by molar-refractivity contribution is 6.08. The molecule has 0 radical (unpaired) electrons. The largest absolute Gasteiger partial charge is 0.457 e. The quantitative estimate of drug-likeness (QED) is 0.612. The van der Waals surface area contributed by atoms with Crippen LogP contribution < -0.4 is 10.1 Å². The third-order valence-electron chi connectivity index (χ3n) is 3.73. The van der Waals surface area contributed by atoms with Crippen molar-refractivity contribution < 1.29 is 9.53 Å². The summed E-state index contributed by atoms with van der Waals surface area (Å²) in [5, 5.41) is 7.02. The Kier molecular flexibility index (Phi) is 4.03. The predicted octanol–water partition coefficient (Wildman–Crippen LogP) is 3.48. The number of aromatic nitrogens is 4. The van der Waals surface area contributed by atoms with E-state index in [1.165, 1.54) is 6.20 Å². The van der Waals surface area contributed by atoms with E-state index >= 15 is 0 Å². The number of rotatable bonds is 4. The fourth-order valence-corrected chi connectivity index (χ4v) is 2.50. The van der Waals surface area contributed by atoms with Crippen LogP contribution >= 0.6 is 0 Å². The topological polar surface area (TPSA) is 81.4 Å². The summed E-state index contributed by atoms with van der Waals surface area (Å²) < 4.78 is 7.33. The molecule has 0 aliphatic carbocycles. The summed E-state index contributed by atoms with van der Waals surface area (Å²) in [5.74, 6) is 1.01. The first kappa shape index (κ1) is 15.8. The van der Waals surface area contributed by atoms with Gasteiger partial charge in [0.25, 0.3) is 5.91 Å². The number of benzene rings is 1. The van der Waals surface area contributed by atoms with Gasteiger partial charge in [0.15, 0.2) is 5.65 Å². The Morgan fingerprint density at radius 1 is 1.12 bits per heavy atom. The van der Waals surface area contributed by atoms with Crippen LogP contribution in [0.5, 0.6) is 11.5 Å². The molecule has 0 spiro atoms. The maximum Gasteiger partial charge on any atom is 0.261 e. The van der Waals surface area contributed by atoms with E-state index < -0.39 is 0 Å². The first-order chi connectivity index (χ1) is 12.7. The van der Waals surface area contributed by atoms with E-state index in [1.807, 2.05) is 25.1 Å². The number of pyridine rings is 1. The fraction of sp³-hybridized carbons (Fsp3) is 0.0526. The molecule has 1 aromatic carbocycles. The van der Waals surface area contributed by atoms with E-state index in [2.05, 4.69) is 20.4 Å². The monoisotopic (exact) mass is 345 g/mol. The summed E-state index contributed by atoms with van der Waals surface area (Å²) >= 11 is 0. The molecule has 3 heterocycles. The number of carbonyl (C=O) groups is 1. The van der Waals surface area contributed by atoms with Gasteiger partial charge in [-0.25, -0.2) is 9.50 Å². The molecule has 0 unspecified atom stereocenters. The molecule has 0 atom stereocenters. The second-order valence-electron chi connectivity index (χ2n) is 5.66. The van der Waals surface area contributed by atoms with Crippen molar-refractivity contribution in [3.8, 4) is 11.5 Å². The zero-order chi connectivity index (χ0) is 17.9. The predicted molar refractivity (Wildman–Crippen MR) is 96.4 cm³/mol. The average Bonchev–Trinajstić information content (AvgIpc) is 3.06. The number of hydrogen-bond acceptors (Lipinski definition) is 5. The van der Waals surface area contributed by atoms with E-state index in [1.54, 1.807) is 47.4 Å². The number of anilines is 1. The number of fused-ring (bicyclic) bond motifs is 1.